The van der Waals surface area contributed by atoms with Crippen molar-refractivity contribution in [1.82, 2.24) is 25.1 Å². The lowest BCUT2D eigenvalue weighted by molar-refractivity contribution is 0.567. The zero-order valence-electron chi connectivity index (χ0n) is 11.4. The number of rotatable bonds is 3. The van der Waals surface area contributed by atoms with Crippen molar-refractivity contribution >= 4 is 16.8 Å². The fourth-order valence-electron chi connectivity index (χ4n) is 2.01. The molecule has 0 aliphatic carbocycles. The van der Waals surface area contributed by atoms with Crippen molar-refractivity contribution in [2.75, 3.05) is 14.1 Å². The third-order valence-electron chi connectivity index (χ3n) is 2.99. The molecule has 0 aliphatic rings. The highest BCUT2D eigenvalue weighted by molar-refractivity contribution is 5.84. The molecular weight excluding hydrogens is 250 g/mol. The van der Waals surface area contributed by atoms with Crippen molar-refractivity contribution < 1.29 is 0 Å². The summed E-state index contributed by atoms with van der Waals surface area (Å²) < 4.78 is 1.73. The van der Waals surface area contributed by atoms with E-state index in [-0.39, 0.29) is 0 Å². The lowest BCUT2D eigenvalue weighted by atomic mass is 10.1. The van der Waals surface area contributed by atoms with Crippen LogP contribution in [0.1, 0.15) is 5.82 Å². The van der Waals surface area contributed by atoms with Crippen LogP contribution in [0.5, 0.6) is 0 Å². The molecule has 0 bridgehead atoms. The van der Waals surface area contributed by atoms with Gasteiger partial charge in [-0.1, -0.05) is 30.3 Å². The zero-order chi connectivity index (χ0) is 13.9. The van der Waals surface area contributed by atoms with Crippen molar-refractivity contribution in [3.05, 3.63) is 54.5 Å². The van der Waals surface area contributed by atoms with Crippen LogP contribution in [0.25, 0.3) is 22.5 Å². The largest absolute Gasteiger partial charge is 0.383 e. The first-order valence-corrected chi connectivity index (χ1v) is 6.36. The summed E-state index contributed by atoms with van der Waals surface area (Å²) in [4.78, 5) is 1.94. The molecule has 100 valence electrons. The van der Waals surface area contributed by atoms with E-state index in [1.54, 1.807) is 4.68 Å². The molecule has 0 fully saturated rings. The molecule has 3 aromatic rings. The van der Waals surface area contributed by atoms with E-state index >= 15 is 0 Å². The molecule has 0 spiro atoms. The van der Waals surface area contributed by atoms with Gasteiger partial charge in [0.15, 0.2) is 5.82 Å². The first-order chi connectivity index (χ1) is 9.74. The Morgan fingerprint density at radius 1 is 1.05 bits per heavy atom. The third kappa shape index (κ3) is 2.38. The Morgan fingerprint density at radius 3 is 2.65 bits per heavy atom. The summed E-state index contributed by atoms with van der Waals surface area (Å²) in [5.74, 6) is 0.703. The van der Waals surface area contributed by atoms with E-state index < -0.39 is 0 Å². The molecular formula is C15H15N5. The minimum atomic E-state index is 0.703. The molecule has 0 amide bonds. The Morgan fingerprint density at radius 2 is 1.85 bits per heavy atom. The number of hydrogen-bond acceptors (Lipinski definition) is 4. The van der Waals surface area contributed by atoms with Gasteiger partial charge in [0, 0.05) is 26.4 Å². The van der Waals surface area contributed by atoms with Gasteiger partial charge in [0.2, 0.25) is 0 Å². The molecule has 0 radical (unpaired) electrons. The highest BCUT2D eigenvalue weighted by Crippen LogP contribution is 2.18. The summed E-state index contributed by atoms with van der Waals surface area (Å²) >= 11 is 0. The maximum Gasteiger partial charge on any atom is 0.181 e. The van der Waals surface area contributed by atoms with Crippen molar-refractivity contribution in [2.24, 2.45) is 0 Å². The predicted molar refractivity (Wildman–Crippen MR) is 79.4 cm³/mol. The van der Waals surface area contributed by atoms with Crippen LogP contribution in [-0.2, 0) is 0 Å². The molecule has 2 aromatic carbocycles. The van der Waals surface area contributed by atoms with E-state index in [1.165, 1.54) is 10.8 Å². The molecule has 20 heavy (non-hydrogen) atoms. The number of fused-ring (bicyclic) bond motifs is 1. The maximum absolute atomic E-state index is 4.06. The average Bonchev–Trinajstić information content (AvgIpc) is 2.93. The van der Waals surface area contributed by atoms with Gasteiger partial charge in [0.1, 0.15) is 0 Å². The van der Waals surface area contributed by atoms with E-state index in [0.717, 1.165) is 5.69 Å². The number of aromatic nitrogens is 4. The smallest absolute Gasteiger partial charge is 0.181 e. The summed E-state index contributed by atoms with van der Waals surface area (Å²) in [5.41, 5.74) is 0.951. The predicted octanol–water partition coefficient (Wildman–Crippen LogP) is 2.35. The molecule has 0 saturated carbocycles. The van der Waals surface area contributed by atoms with Crippen LogP contribution in [0.3, 0.4) is 0 Å². The summed E-state index contributed by atoms with van der Waals surface area (Å²) in [6, 6.07) is 14.4. The van der Waals surface area contributed by atoms with Crippen molar-refractivity contribution in [1.29, 1.82) is 0 Å². The number of hydrogen-bond donors (Lipinski definition) is 0. The topological polar surface area (TPSA) is 46.8 Å². The van der Waals surface area contributed by atoms with Gasteiger partial charge in [-0.2, -0.15) is 4.68 Å². The van der Waals surface area contributed by atoms with E-state index in [0.29, 0.717) is 5.82 Å². The highest BCUT2D eigenvalue weighted by Gasteiger charge is 2.06. The average molecular weight is 265 g/mol. The van der Waals surface area contributed by atoms with Crippen molar-refractivity contribution in [2.45, 2.75) is 0 Å². The summed E-state index contributed by atoms with van der Waals surface area (Å²) in [7, 11) is 3.92. The molecule has 5 nitrogen and oxygen atoms in total. The van der Waals surface area contributed by atoms with Gasteiger partial charge in [-0.15, -0.1) is 5.10 Å². The van der Waals surface area contributed by atoms with Crippen LogP contribution in [0.15, 0.2) is 48.7 Å². The van der Waals surface area contributed by atoms with Crippen LogP contribution < -0.4 is 0 Å². The van der Waals surface area contributed by atoms with E-state index in [9.17, 15) is 0 Å². The molecule has 0 atom stereocenters. The Labute approximate surface area is 117 Å². The quantitative estimate of drug-likeness (QED) is 0.729. The monoisotopic (exact) mass is 265 g/mol. The molecule has 1 aromatic heterocycles. The van der Waals surface area contributed by atoms with E-state index in [4.69, 9.17) is 0 Å². The first-order valence-electron chi connectivity index (χ1n) is 6.36. The zero-order valence-corrected chi connectivity index (χ0v) is 11.4. The number of tetrazole rings is 1. The SMILES string of the molecule is CN(C)C=Cc1nnnn1-c1ccc2ccccc2c1. The van der Waals surface area contributed by atoms with Gasteiger partial charge < -0.3 is 4.90 Å². The fraction of sp³-hybridized carbons (Fsp3) is 0.133. The van der Waals surface area contributed by atoms with Crippen molar-refractivity contribution in [3.63, 3.8) is 0 Å². The van der Waals surface area contributed by atoms with Crippen LogP contribution in [0.4, 0.5) is 0 Å². The Hall–Kier alpha value is -2.69. The molecule has 5 heteroatoms. The Kier molecular flexibility index (Phi) is 3.16. The van der Waals surface area contributed by atoms with Gasteiger partial charge in [-0.05, 0) is 33.3 Å². The number of benzene rings is 2. The van der Waals surface area contributed by atoms with Gasteiger partial charge in [-0.25, -0.2) is 0 Å². The van der Waals surface area contributed by atoms with Gasteiger partial charge in [0.25, 0.3) is 0 Å². The first kappa shape index (κ1) is 12.3. The van der Waals surface area contributed by atoms with Gasteiger partial charge in [-0.3, -0.25) is 0 Å². The van der Waals surface area contributed by atoms with Crippen LogP contribution >= 0.6 is 0 Å². The van der Waals surface area contributed by atoms with E-state index in [2.05, 4.69) is 39.8 Å². The van der Waals surface area contributed by atoms with Crippen LogP contribution in [0.2, 0.25) is 0 Å². The normalized spacial score (nSPS) is 11.3. The Bertz CT molecular complexity index is 758. The minimum Gasteiger partial charge on any atom is -0.383 e. The lowest BCUT2D eigenvalue weighted by Crippen LogP contribution is -2.03. The van der Waals surface area contributed by atoms with E-state index in [1.807, 2.05) is 49.5 Å². The minimum absolute atomic E-state index is 0.703. The molecule has 0 N–H and O–H groups in total. The standard InChI is InChI=1S/C15H15N5/c1-19(2)10-9-15-16-17-18-20(15)14-8-7-12-5-3-4-6-13(12)11-14/h3-11H,1-2H3. The molecule has 1 heterocycles. The third-order valence-corrected chi connectivity index (χ3v) is 2.99. The Balaban J connectivity index is 2.05. The molecule has 0 aliphatic heterocycles. The molecule has 0 unspecified atom stereocenters. The van der Waals surface area contributed by atoms with Crippen LogP contribution in [-0.4, -0.2) is 39.2 Å². The molecule has 0 saturated heterocycles. The maximum atomic E-state index is 4.06. The summed E-state index contributed by atoms with van der Waals surface area (Å²) in [5, 5.41) is 14.2. The second-order valence-electron chi connectivity index (χ2n) is 4.76. The fourth-order valence-corrected chi connectivity index (χ4v) is 2.01. The number of nitrogens with zero attached hydrogens (tertiary/aromatic N) is 5. The lowest BCUT2D eigenvalue weighted by Gasteiger charge is -2.05. The highest BCUT2D eigenvalue weighted by atomic mass is 15.5. The van der Waals surface area contributed by atoms with Gasteiger partial charge in [0.05, 0.1) is 5.69 Å². The van der Waals surface area contributed by atoms with Gasteiger partial charge >= 0.3 is 0 Å². The molecule has 3 rings (SSSR count). The second-order valence-corrected chi connectivity index (χ2v) is 4.76. The van der Waals surface area contributed by atoms with Crippen molar-refractivity contribution in [3.8, 4) is 5.69 Å². The summed E-state index contributed by atoms with van der Waals surface area (Å²) in [6.45, 7) is 0. The summed E-state index contributed by atoms with van der Waals surface area (Å²) in [6.07, 6.45) is 3.80. The second kappa shape index (κ2) is 5.13. The van der Waals surface area contributed by atoms with Crippen LogP contribution in [0, 0.1) is 0 Å².